The highest BCUT2D eigenvalue weighted by Crippen LogP contribution is 2.37. The molecule has 1 nitrogen and oxygen atoms in total. The Morgan fingerprint density at radius 2 is 1.88 bits per heavy atom. The lowest BCUT2D eigenvalue weighted by atomic mass is 10.2. The van der Waals surface area contributed by atoms with Gasteiger partial charge in [-0.25, -0.2) is 4.39 Å². The van der Waals surface area contributed by atoms with Crippen LogP contribution >= 0.6 is 15.9 Å². The van der Waals surface area contributed by atoms with E-state index in [1.807, 2.05) is 6.07 Å². The highest BCUT2D eigenvalue weighted by atomic mass is 79.9. The van der Waals surface area contributed by atoms with E-state index in [0.717, 1.165) is 0 Å². The number of halogens is 2. The Bertz CT molecular complexity index is 399. The Kier molecular flexibility index (Phi) is 4.41. The van der Waals surface area contributed by atoms with Crippen LogP contribution in [0.1, 0.15) is 26.3 Å². The maximum absolute atomic E-state index is 13.6. The van der Waals surface area contributed by atoms with Crippen molar-refractivity contribution in [3.05, 3.63) is 29.6 Å². The van der Waals surface area contributed by atoms with Crippen molar-refractivity contribution in [2.24, 2.45) is 0 Å². The summed E-state index contributed by atoms with van der Waals surface area (Å²) in [6, 6.07) is 5.10. The Hall–Kier alpha value is -0.353. The third-order valence-electron chi connectivity index (χ3n) is 3.35. The van der Waals surface area contributed by atoms with E-state index in [2.05, 4.69) is 49.8 Å². The maximum atomic E-state index is 13.6. The van der Waals surface area contributed by atoms with Crippen LogP contribution in [0.2, 0.25) is 18.1 Å². The minimum Gasteiger partial charge on any atom is -0.543 e. The van der Waals surface area contributed by atoms with Crippen LogP contribution in [0, 0.1) is 5.82 Å². The Balaban J connectivity index is 2.93. The molecular formula is C13H20BrFOSi. The van der Waals surface area contributed by atoms with Crippen LogP contribution in [0.15, 0.2) is 18.2 Å². The van der Waals surface area contributed by atoms with E-state index >= 15 is 0 Å². The molecule has 4 heteroatoms. The second-order valence-corrected chi connectivity index (χ2v) is 11.0. The highest BCUT2D eigenvalue weighted by molar-refractivity contribution is 9.08. The van der Waals surface area contributed by atoms with Crippen LogP contribution in [0.3, 0.4) is 0 Å². The van der Waals surface area contributed by atoms with Gasteiger partial charge in [0.15, 0.2) is 0 Å². The molecule has 0 spiro atoms. The van der Waals surface area contributed by atoms with Crippen molar-refractivity contribution in [3.63, 3.8) is 0 Å². The van der Waals surface area contributed by atoms with Gasteiger partial charge in [-0.05, 0) is 29.8 Å². The van der Waals surface area contributed by atoms with Gasteiger partial charge in [0.25, 0.3) is 0 Å². The molecule has 0 aliphatic carbocycles. The first kappa shape index (κ1) is 14.7. The summed E-state index contributed by atoms with van der Waals surface area (Å²) >= 11 is 3.25. The van der Waals surface area contributed by atoms with Gasteiger partial charge in [-0.3, -0.25) is 0 Å². The summed E-state index contributed by atoms with van der Waals surface area (Å²) < 4.78 is 19.7. The molecule has 0 bridgehead atoms. The van der Waals surface area contributed by atoms with E-state index < -0.39 is 8.32 Å². The Morgan fingerprint density at radius 3 is 2.29 bits per heavy atom. The third-order valence-corrected chi connectivity index (χ3v) is 8.31. The first-order valence-electron chi connectivity index (χ1n) is 5.71. The van der Waals surface area contributed by atoms with E-state index in [4.69, 9.17) is 4.43 Å². The van der Waals surface area contributed by atoms with Crippen molar-refractivity contribution >= 4 is 24.2 Å². The topological polar surface area (TPSA) is 9.23 Å². The van der Waals surface area contributed by atoms with E-state index in [-0.39, 0.29) is 10.9 Å². The molecular weight excluding hydrogens is 299 g/mol. The minimum atomic E-state index is -1.87. The number of alkyl halides is 1. The number of rotatable bonds is 3. The van der Waals surface area contributed by atoms with Crippen LogP contribution < -0.4 is 4.43 Å². The van der Waals surface area contributed by atoms with E-state index in [9.17, 15) is 4.39 Å². The molecule has 0 aliphatic rings. The van der Waals surface area contributed by atoms with Gasteiger partial charge < -0.3 is 4.43 Å². The summed E-state index contributed by atoms with van der Waals surface area (Å²) in [6.07, 6.45) is 0. The number of benzene rings is 1. The predicted octanol–water partition coefficient (Wildman–Crippen LogP) is 5.10. The average molecular weight is 319 g/mol. The smallest absolute Gasteiger partial charge is 0.250 e. The minimum absolute atomic E-state index is 0.123. The molecule has 0 saturated carbocycles. The van der Waals surface area contributed by atoms with E-state index in [1.165, 1.54) is 6.07 Å². The molecule has 0 N–H and O–H groups in total. The molecule has 96 valence electrons. The van der Waals surface area contributed by atoms with Crippen molar-refractivity contribution in [1.29, 1.82) is 0 Å². The van der Waals surface area contributed by atoms with Crippen LogP contribution in [-0.4, -0.2) is 8.32 Å². The molecule has 0 atom stereocenters. The fourth-order valence-corrected chi connectivity index (χ4v) is 2.62. The van der Waals surface area contributed by atoms with Gasteiger partial charge in [0.2, 0.25) is 8.32 Å². The molecule has 0 saturated heterocycles. The lowest BCUT2D eigenvalue weighted by molar-refractivity contribution is 0.486. The van der Waals surface area contributed by atoms with Crippen molar-refractivity contribution in [1.82, 2.24) is 0 Å². The SMILES string of the molecule is CC(C)(C)[Si](C)(C)Oc1ccc(CBr)c(F)c1. The molecule has 17 heavy (non-hydrogen) atoms. The monoisotopic (exact) mass is 318 g/mol. The van der Waals surface area contributed by atoms with Crippen molar-refractivity contribution in [2.75, 3.05) is 0 Å². The van der Waals surface area contributed by atoms with Gasteiger partial charge in [0, 0.05) is 11.4 Å². The first-order chi connectivity index (χ1) is 7.67. The zero-order valence-corrected chi connectivity index (χ0v) is 13.7. The van der Waals surface area contributed by atoms with Gasteiger partial charge >= 0.3 is 0 Å². The van der Waals surface area contributed by atoms with E-state index in [1.54, 1.807) is 6.07 Å². The van der Waals surface area contributed by atoms with Crippen molar-refractivity contribution < 1.29 is 8.82 Å². The van der Waals surface area contributed by atoms with E-state index in [0.29, 0.717) is 16.6 Å². The quantitative estimate of drug-likeness (QED) is 0.556. The van der Waals surface area contributed by atoms with Gasteiger partial charge in [-0.1, -0.05) is 42.8 Å². The fourth-order valence-electron chi connectivity index (χ4n) is 1.15. The largest absolute Gasteiger partial charge is 0.543 e. The summed E-state index contributed by atoms with van der Waals surface area (Å²) in [5.74, 6) is 0.428. The normalized spacial score (nSPS) is 12.6. The zero-order chi connectivity index (χ0) is 13.3. The molecule has 0 aromatic heterocycles. The number of hydrogen-bond acceptors (Lipinski definition) is 1. The Labute approximate surface area is 113 Å². The van der Waals surface area contributed by atoms with Crippen molar-refractivity contribution in [2.45, 2.75) is 44.2 Å². The standard InChI is InChI=1S/C13H20BrFOSi/c1-13(2,3)17(4,5)16-11-7-6-10(9-14)12(15)8-11/h6-8H,9H2,1-5H3. The molecule has 0 radical (unpaired) electrons. The van der Waals surface area contributed by atoms with Crippen molar-refractivity contribution in [3.8, 4) is 5.75 Å². The molecule has 0 fully saturated rings. The summed E-state index contributed by atoms with van der Waals surface area (Å²) in [5, 5.41) is 0.650. The summed E-state index contributed by atoms with van der Waals surface area (Å²) in [6.45, 7) is 10.8. The summed E-state index contributed by atoms with van der Waals surface area (Å²) in [7, 11) is -1.87. The second-order valence-electron chi connectivity index (χ2n) is 5.75. The molecule has 1 aromatic rings. The van der Waals surface area contributed by atoms with Crippen LogP contribution in [0.25, 0.3) is 0 Å². The Morgan fingerprint density at radius 1 is 1.29 bits per heavy atom. The highest BCUT2D eigenvalue weighted by Gasteiger charge is 2.39. The number of hydrogen-bond donors (Lipinski definition) is 0. The summed E-state index contributed by atoms with van der Waals surface area (Å²) in [4.78, 5) is 0. The summed E-state index contributed by atoms with van der Waals surface area (Å²) in [5.41, 5.74) is 0.660. The molecule has 0 unspecified atom stereocenters. The zero-order valence-electron chi connectivity index (χ0n) is 11.1. The molecule has 1 rings (SSSR count). The van der Waals surface area contributed by atoms with Crippen LogP contribution in [-0.2, 0) is 5.33 Å². The van der Waals surface area contributed by atoms with Crippen LogP contribution in [0.5, 0.6) is 5.75 Å². The molecule has 0 aliphatic heterocycles. The molecule has 1 aromatic carbocycles. The fraction of sp³-hybridized carbons (Fsp3) is 0.538. The van der Waals surface area contributed by atoms with Gasteiger partial charge in [-0.2, -0.15) is 0 Å². The average Bonchev–Trinajstić information content (AvgIpc) is 2.15. The van der Waals surface area contributed by atoms with Gasteiger partial charge in [0.05, 0.1) is 0 Å². The first-order valence-corrected chi connectivity index (χ1v) is 9.74. The maximum Gasteiger partial charge on any atom is 0.250 e. The second kappa shape index (κ2) is 5.10. The lowest BCUT2D eigenvalue weighted by Crippen LogP contribution is -2.43. The molecule has 0 amide bonds. The van der Waals surface area contributed by atoms with Crippen LogP contribution in [0.4, 0.5) is 4.39 Å². The molecule has 0 heterocycles. The van der Waals surface area contributed by atoms with Gasteiger partial charge in [0.1, 0.15) is 11.6 Å². The predicted molar refractivity (Wildman–Crippen MR) is 76.9 cm³/mol. The lowest BCUT2D eigenvalue weighted by Gasteiger charge is -2.36. The third kappa shape index (κ3) is 3.55. The van der Waals surface area contributed by atoms with Gasteiger partial charge in [-0.15, -0.1) is 0 Å².